The first-order valence-electron chi connectivity index (χ1n) is 9.98. The Morgan fingerprint density at radius 1 is 1.03 bits per heavy atom. The van der Waals surface area contributed by atoms with E-state index in [1.807, 2.05) is 17.0 Å². The number of carbonyl (C=O) groups is 1. The van der Waals surface area contributed by atoms with Crippen LogP contribution in [0.4, 0.5) is 5.69 Å². The van der Waals surface area contributed by atoms with E-state index in [0.29, 0.717) is 45.5 Å². The molecule has 0 amide bonds. The lowest BCUT2D eigenvalue weighted by Gasteiger charge is -2.25. The van der Waals surface area contributed by atoms with Crippen LogP contribution in [-0.2, 0) is 11.4 Å². The van der Waals surface area contributed by atoms with E-state index < -0.39 is 5.97 Å². The summed E-state index contributed by atoms with van der Waals surface area (Å²) in [5, 5.41) is 0. The molecule has 0 bridgehead atoms. The molecule has 10 heteroatoms. The van der Waals surface area contributed by atoms with Gasteiger partial charge in [0.1, 0.15) is 13.3 Å². The normalized spacial score (nSPS) is 13.2. The van der Waals surface area contributed by atoms with Gasteiger partial charge in [-0.2, -0.15) is 0 Å². The van der Waals surface area contributed by atoms with Gasteiger partial charge < -0.3 is 23.8 Å². The summed E-state index contributed by atoms with van der Waals surface area (Å²) in [6.07, 6.45) is 1.79. The Bertz CT molecular complexity index is 1340. The average Bonchev–Trinajstić information content (AvgIpc) is 3.17. The van der Waals surface area contributed by atoms with Gasteiger partial charge in [-0.25, -0.2) is 9.79 Å². The second kappa shape index (κ2) is 9.37. The predicted molar refractivity (Wildman–Crippen MR) is 124 cm³/mol. The largest absolute Gasteiger partial charge is 0.493 e. The van der Waals surface area contributed by atoms with Crippen LogP contribution in [-0.4, -0.2) is 45.6 Å². The van der Waals surface area contributed by atoms with E-state index in [2.05, 4.69) is 4.99 Å². The van der Waals surface area contributed by atoms with Crippen LogP contribution in [0.5, 0.6) is 17.2 Å². The van der Waals surface area contributed by atoms with Crippen molar-refractivity contribution in [3.63, 3.8) is 0 Å². The monoisotopic (exact) mass is 469 g/mol. The minimum Gasteiger partial charge on any atom is -0.493 e. The third kappa shape index (κ3) is 4.29. The lowest BCUT2D eigenvalue weighted by molar-refractivity contribution is 0.0600. The number of methoxy groups -OCH3 is 4. The molecule has 0 radical (unpaired) electrons. The number of carbonyl (C=O) groups excluding carboxylic acids is 1. The third-order valence-corrected chi connectivity index (χ3v) is 6.26. The first-order chi connectivity index (χ1) is 16.0. The smallest absolute Gasteiger partial charge is 0.337 e. The van der Waals surface area contributed by atoms with Crippen molar-refractivity contribution < 1.29 is 23.7 Å². The lowest BCUT2D eigenvalue weighted by Crippen LogP contribution is -2.42. The van der Waals surface area contributed by atoms with Gasteiger partial charge in [0.25, 0.3) is 5.56 Å². The number of esters is 1. The Labute approximate surface area is 193 Å². The van der Waals surface area contributed by atoms with Crippen molar-refractivity contribution in [1.29, 1.82) is 0 Å². The van der Waals surface area contributed by atoms with Crippen LogP contribution in [0.2, 0.25) is 0 Å². The number of fused-ring (bicyclic) bond motifs is 1. The molecule has 3 aromatic rings. The fraction of sp³-hybridized carbons (Fsp3) is 0.261. The molecule has 0 spiro atoms. The third-order valence-electron chi connectivity index (χ3n) is 5.22. The van der Waals surface area contributed by atoms with Gasteiger partial charge in [-0.3, -0.25) is 9.36 Å². The number of thiazole rings is 1. The number of nitrogens with zero attached hydrogens (tertiary/aromatic N) is 3. The number of aromatic nitrogens is 1. The maximum Gasteiger partial charge on any atom is 0.337 e. The summed E-state index contributed by atoms with van der Waals surface area (Å²) in [7, 11) is 5.98. The molecule has 2 heterocycles. The van der Waals surface area contributed by atoms with Gasteiger partial charge >= 0.3 is 5.97 Å². The Hall–Kier alpha value is -3.79. The van der Waals surface area contributed by atoms with Crippen LogP contribution in [0.25, 0.3) is 6.08 Å². The molecule has 1 aliphatic heterocycles. The van der Waals surface area contributed by atoms with Gasteiger partial charge in [-0.05, 0) is 48.0 Å². The summed E-state index contributed by atoms with van der Waals surface area (Å²) >= 11 is 1.33. The van der Waals surface area contributed by atoms with Crippen molar-refractivity contribution in [2.24, 2.45) is 4.99 Å². The van der Waals surface area contributed by atoms with E-state index in [1.165, 1.54) is 18.4 Å². The highest BCUT2D eigenvalue weighted by atomic mass is 32.1. The lowest BCUT2D eigenvalue weighted by atomic mass is 10.1. The predicted octanol–water partition coefficient (Wildman–Crippen LogP) is 1.61. The molecular weight excluding hydrogens is 446 g/mol. The van der Waals surface area contributed by atoms with Gasteiger partial charge in [0.2, 0.25) is 5.75 Å². The Kier molecular flexibility index (Phi) is 6.36. The van der Waals surface area contributed by atoms with E-state index in [9.17, 15) is 9.59 Å². The standard InChI is InChI=1S/C23H23N3O6S/c1-29-17-9-14(10-18(30-2)20(17)31-3)11-19-21(27)26-13-25(12-24-23(26)33-19)16-7-5-15(6-8-16)22(28)32-4/h5-11H,12-13H2,1-4H3/b19-11-. The van der Waals surface area contributed by atoms with Crippen LogP contribution in [0.15, 0.2) is 46.2 Å². The first kappa shape index (κ1) is 22.4. The minimum absolute atomic E-state index is 0.136. The number of hydrogen-bond acceptors (Lipinski definition) is 9. The van der Waals surface area contributed by atoms with Crippen molar-refractivity contribution in [2.45, 2.75) is 6.67 Å². The molecule has 0 aliphatic carbocycles. The molecule has 0 unspecified atom stereocenters. The SMILES string of the molecule is COC(=O)c1ccc(N2CN=c3s/c(=C\c4cc(OC)c(OC)c(OC)c4)c(=O)n3C2)cc1. The van der Waals surface area contributed by atoms with E-state index in [-0.39, 0.29) is 5.56 Å². The maximum absolute atomic E-state index is 13.1. The highest BCUT2D eigenvalue weighted by Gasteiger charge is 2.17. The summed E-state index contributed by atoms with van der Waals surface area (Å²) in [5.41, 5.74) is 1.93. The van der Waals surface area contributed by atoms with Crippen molar-refractivity contribution >= 4 is 29.1 Å². The summed E-state index contributed by atoms with van der Waals surface area (Å²) in [6.45, 7) is 0.760. The number of hydrogen-bond donors (Lipinski definition) is 0. The van der Waals surface area contributed by atoms with Gasteiger partial charge in [-0.1, -0.05) is 11.3 Å². The highest BCUT2D eigenvalue weighted by molar-refractivity contribution is 7.07. The Morgan fingerprint density at radius 3 is 2.27 bits per heavy atom. The molecule has 2 aromatic carbocycles. The second-order valence-electron chi connectivity index (χ2n) is 7.10. The summed E-state index contributed by atoms with van der Waals surface area (Å²) < 4.78 is 23.1. The zero-order chi connectivity index (χ0) is 23.5. The molecule has 1 aromatic heterocycles. The number of rotatable bonds is 6. The van der Waals surface area contributed by atoms with Crippen LogP contribution < -0.4 is 34.0 Å². The molecule has 33 heavy (non-hydrogen) atoms. The average molecular weight is 470 g/mol. The quantitative estimate of drug-likeness (QED) is 0.507. The van der Waals surface area contributed by atoms with Crippen LogP contribution in [0.3, 0.4) is 0 Å². The fourth-order valence-corrected chi connectivity index (χ4v) is 4.50. The molecule has 0 N–H and O–H groups in total. The summed E-state index contributed by atoms with van der Waals surface area (Å²) in [4.78, 5) is 31.9. The fourth-order valence-electron chi connectivity index (χ4n) is 3.54. The first-order valence-corrected chi connectivity index (χ1v) is 10.8. The topological polar surface area (TPSA) is 91.6 Å². The molecule has 0 saturated carbocycles. The number of benzene rings is 2. The molecule has 4 rings (SSSR count). The van der Waals surface area contributed by atoms with E-state index in [1.54, 1.807) is 56.2 Å². The van der Waals surface area contributed by atoms with Gasteiger partial charge in [0.05, 0.1) is 38.5 Å². The van der Waals surface area contributed by atoms with Crippen molar-refractivity contribution in [3.05, 3.63) is 67.2 Å². The Morgan fingerprint density at radius 2 is 1.70 bits per heavy atom. The van der Waals surface area contributed by atoms with Gasteiger partial charge in [-0.15, -0.1) is 0 Å². The van der Waals surface area contributed by atoms with E-state index in [4.69, 9.17) is 18.9 Å². The van der Waals surface area contributed by atoms with Crippen LogP contribution in [0, 0.1) is 0 Å². The molecule has 0 atom stereocenters. The van der Waals surface area contributed by atoms with Gasteiger partial charge in [0, 0.05) is 5.69 Å². The second-order valence-corrected chi connectivity index (χ2v) is 8.11. The molecular formula is C23H23N3O6S. The van der Waals surface area contributed by atoms with E-state index in [0.717, 1.165) is 11.3 Å². The highest BCUT2D eigenvalue weighted by Crippen LogP contribution is 2.38. The maximum atomic E-state index is 13.1. The molecule has 172 valence electrons. The van der Waals surface area contributed by atoms with Crippen molar-refractivity contribution in [1.82, 2.24) is 4.57 Å². The zero-order valence-corrected chi connectivity index (χ0v) is 19.5. The summed E-state index contributed by atoms with van der Waals surface area (Å²) in [5.74, 6) is 1.11. The Balaban J connectivity index is 1.67. The van der Waals surface area contributed by atoms with Crippen LogP contribution in [0.1, 0.15) is 15.9 Å². The molecule has 9 nitrogen and oxygen atoms in total. The molecule has 1 aliphatic rings. The van der Waals surface area contributed by atoms with Crippen molar-refractivity contribution in [3.8, 4) is 17.2 Å². The number of anilines is 1. The van der Waals surface area contributed by atoms with Crippen LogP contribution >= 0.6 is 11.3 Å². The minimum atomic E-state index is -0.395. The van der Waals surface area contributed by atoms with Gasteiger partial charge in [0.15, 0.2) is 16.3 Å². The van der Waals surface area contributed by atoms with Crippen molar-refractivity contribution in [2.75, 3.05) is 40.0 Å². The molecule has 0 saturated heterocycles. The number of ether oxygens (including phenoxy) is 4. The van der Waals surface area contributed by atoms with E-state index >= 15 is 0 Å². The zero-order valence-electron chi connectivity index (χ0n) is 18.7. The molecule has 0 fully saturated rings. The summed E-state index contributed by atoms with van der Waals surface area (Å²) in [6, 6.07) is 10.6.